The molecular weight excluding hydrogens is 328 g/mol. The Morgan fingerprint density at radius 2 is 1.54 bits per heavy atom. The number of esters is 2. The molecule has 0 radical (unpaired) electrons. The van der Waals surface area contributed by atoms with E-state index in [1.807, 2.05) is 0 Å². The van der Waals surface area contributed by atoms with Crippen LogP contribution < -0.4 is 0 Å². The van der Waals surface area contributed by atoms with Gasteiger partial charge in [-0.25, -0.2) is 0 Å². The highest BCUT2D eigenvalue weighted by atomic mass is 16.5. The molecule has 0 bridgehead atoms. The summed E-state index contributed by atoms with van der Waals surface area (Å²) in [6.45, 7) is 9.61. The zero-order chi connectivity index (χ0) is 19.4. The third kappa shape index (κ3) is 8.55. The topological polar surface area (TPSA) is 52.6 Å². The fraction of sp³-hybridized carbons (Fsp3) is 0.909. The molecule has 1 saturated carbocycles. The maximum Gasteiger partial charge on any atom is 0.309 e. The third-order valence-corrected chi connectivity index (χ3v) is 5.55. The average Bonchev–Trinajstić information content (AvgIpc) is 2.64. The second-order valence-corrected chi connectivity index (χ2v) is 8.25. The molecule has 152 valence electrons. The van der Waals surface area contributed by atoms with Crippen LogP contribution in [0.15, 0.2) is 0 Å². The molecule has 26 heavy (non-hydrogen) atoms. The van der Waals surface area contributed by atoms with Crippen molar-refractivity contribution in [2.45, 2.75) is 91.9 Å². The normalized spacial score (nSPS) is 21.4. The molecule has 0 N–H and O–H groups in total. The van der Waals surface area contributed by atoms with Crippen LogP contribution in [0.1, 0.15) is 91.9 Å². The number of ether oxygens (including phenoxy) is 2. The van der Waals surface area contributed by atoms with E-state index in [2.05, 4.69) is 27.7 Å². The average molecular weight is 369 g/mol. The van der Waals surface area contributed by atoms with Crippen molar-refractivity contribution in [3.05, 3.63) is 0 Å². The van der Waals surface area contributed by atoms with Crippen molar-refractivity contribution >= 4 is 11.9 Å². The van der Waals surface area contributed by atoms with E-state index in [0.29, 0.717) is 25.0 Å². The molecule has 0 amide bonds. The van der Waals surface area contributed by atoms with Gasteiger partial charge in [0.05, 0.1) is 25.0 Å². The van der Waals surface area contributed by atoms with Gasteiger partial charge in [0.25, 0.3) is 0 Å². The molecule has 0 spiro atoms. The Labute approximate surface area is 160 Å². The molecule has 3 unspecified atom stereocenters. The monoisotopic (exact) mass is 368 g/mol. The lowest BCUT2D eigenvalue weighted by molar-refractivity contribution is -0.163. The molecule has 1 aliphatic rings. The van der Waals surface area contributed by atoms with Gasteiger partial charge in [0.15, 0.2) is 0 Å². The first kappa shape index (κ1) is 23.0. The predicted octanol–water partition coefficient (Wildman–Crippen LogP) is 5.53. The van der Waals surface area contributed by atoms with E-state index < -0.39 is 0 Å². The Bertz CT molecular complexity index is 405. The molecule has 4 heteroatoms. The van der Waals surface area contributed by atoms with Gasteiger partial charge in [0.1, 0.15) is 0 Å². The molecule has 0 aromatic carbocycles. The smallest absolute Gasteiger partial charge is 0.309 e. The van der Waals surface area contributed by atoms with Gasteiger partial charge in [-0.2, -0.15) is 0 Å². The third-order valence-electron chi connectivity index (χ3n) is 5.55. The van der Waals surface area contributed by atoms with Crippen molar-refractivity contribution < 1.29 is 19.1 Å². The lowest BCUT2D eigenvalue weighted by atomic mass is 9.79. The van der Waals surface area contributed by atoms with E-state index in [1.54, 1.807) is 0 Å². The van der Waals surface area contributed by atoms with Gasteiger partial charge >= 0.3 is 11.9 Å². The van der Waals surface area contributed by atoms with Gasteiger partial charge in [-0.15, -0.1) is 0 Å². The molecule has 1 rings (SSSR count). The van der Waals surface area contributed by atoms with Crippen molar-refractivity contribution in [1.82, 2.24) is 0 Å². The van der Waals surface area contributed by atoms with Gasteiger partial charge in [-0.05, 0) is 43.9 Å². The number of rotatable bonds is 12. The quantitative estimate of drug-likeness (QED) is 0.335. The molecule has 0 aromatic heterocycles. The first-order chi connectivity index (χ1) is 12.5. The summed E-state index contributed by atoms with van der Waals surface area (Å²) < 4.78 is 11.1. The van der Waals surface area contributed by atoms with Crippen LogP contribution in [-0.4, -0.2) is 25.2 Å². The van der Waals surface area contributed by atoms with Crippen LogP contribution in [0.5, 0.6) is 0 Å². The summed E-state index contributed by atoms with van der Waals surface area (Å²) in [4.78, 5) is 25.1. The SMILES string of the molecule is CCCCC(CC)COC(=O)C1CCCCC1C(=O)OCCCC(C)C. The molecule has 0 heterocycles. The van der Waals surface area contributed by atoms with Crippen molar-refractivity contribution in [2.75, 3.05) is 13.2 Å². The number of unbranched alkanes of at least 4 members (excludes halogenated alkanes) is 1. The molecule has 0 aromatic rings. The highest BCUT2D eigenvalue weighted by Crippen LogP contribution is 2.32. The standard InChI is InChI=1S/C22H40O4/c1-5-7-12-18(6-2)16-26-22(24)20-14-9-8-13-19(20)21(23)25-15-10-11-17(3)4/h17-20H,5-16H2,1-4H3. The van der Waals surface area contributed by atoms with E-state index in [1.165, 1.54) is 6.42 Å². The van der Waals surface area contributed by atoms with Gasteiger partial charge in [-0.1, -0.05) is 59.8 Å². The van der Waals surface area contributed by atoms with Crippen LogP contribution in [0.3, 0.4) is 0 Å². The molecule has 4 nitrogen and oxygen atoms in total. The van der Waals surface area contributed by atoms with Gasteiger partial charge in [0.2, 0.25) is 0 Å². The Kier molecular flexibility index (Phi) is 11.6. The van der Waals surface area contributed by atoms with E-state index in [0.717, 1.165) is 57.8 Å². The first-order valence-electron chi connectivity index (χ1n) is 10.8. The zero-order valence-corrected chi connectivity index (χ0v) is 17.4. The predicted molar refractivity (Wildman–Crippen MR) is 105 cm³/mol. The number of carbonyl (C=O) groups excluding carboxylic acids is 2. The van der Waals surface area contributed by atoms with E-state index in [-0.39, 0.29) is 23.8 Å². The number of carbonyl (C=O) groups is 2. The highest BCUT2D eigenvalue weighted by molar-refractivity contribution is 5.82. The van der Waals surface area contributed by atoms with Crippen molar-refractivity contribution in [2.24, 2.45) is 23.7 Å². The Morgan fingerprint density at radius 3 is 2.08 bits per heavy atom. The molecule has 0 aliphatic heterocycles. The molecule has 0 saturated heterocycles. The minimum atomic E-state index is -0.315. The lowest BCUT2D eigenvalue weighted by Gasteiger charge is -2.29. The van der Waals surface area contributed by atoms with Crippen LogP contribution in [0.2, 0.25) is 0 Å². The minimum Gasteiger partial charge on any atom is -0.465 e. The van der Waals surface area contributed by atoms with Gasteiger partial charge in [-0.3, -0.25) is 9.59 Å². The van der Waals surface area contributed by atoms with Crippen LogP contribution in [-0.2, 0) is 19.1 Å². The Hall–Kier alpha value is -1.06. The maximum absolute atomic E-state index is 12.6. The Morgan fingerprint density at radius 1 is 0.923 bits per heavy atom. The summed E-state index contributed by atoms with van der Waals surface area (Å²) in [6, 6.07) is 0. The van der Waals surface area contributed by atoms with Crippen molar-refractivity contribution in [3.63, 3.8) is 0 Å². The number of hydrogen-bond donors (Lipinski definition) is 0. The van der Waals surface area contributed by atoms with E-state index in [4.69, 9.17) is 9.47 Å². The van der Waals surface area contributed by atoms with Crippen LogP contribution in [0.4, 0.5) is 0 Å². The fourth-order valence-corrected chi connectivity index (χ4v) is 3.67. The van der Waals surface area contributed by atoms with Crippen molar-refractivity contribution in [3.8, 4) is 0 Å². The summed E-state index contributed by atoms with van der Waals surface area (Å²) in [5.41, 5.74) is 0. The van der Waals surface area contributed by atoms with Crippen LogP contribution in [0.25, 0.3) is 0 Å². The van der Waals surface area contributed by atoms with Gasteiger partial charge < -0.3 is 9.47 Å². The van der Waals surface area contributed by atoms with Gasteiger partial charge in [0, 0.05) is 0 Å². The Balaban J connectivity index is 2.47. The summed E-state index contributed by atoms with van der Waals surface area (Å²) in [5, 5.41) is 0. The van der Waals surface area contributed by atoms with Crippen LogP contribution in [0, 0.1) is 23.7 Å². The molecule has 1 aliphatic carbocycles. The highest BCUT2D eigenvalue weighted by Gasteiger charge is 2.38. The summed E-state index contributed by atoms with van der Waals surface area (Å²) in [7, 11) is 0. The second kappa shape index (κ2) is 13.2. The molecular formula is C22H40O4. The summed E-state index contributed by atoms with van der Waals surface area (Å²) in [6.07, 6.45) is 9.88. The van der Waals surface area contributed by atoms with Crippen LogP contribution >= 0.6 is 0 Å². The largest absolute Gasteiger partial charge is 0.465 e. The maximum atomic E-state index is 12.6. The molecule has 1 fully saturated rings. The fourth-order valence-electron chi connectivity index (χ4n) is 3.67. The minimum absolute atomic E-state index is 0.191. The zero-order valence-electron chi connectivity index (χ0n) is 17.4. The summed E-state index contributed by atoms with van der Waals surface area (Å²) in [5.74, 6) is 0.0301. The number of hydrogen-bond acceptors (Lipinski definition) is 4. The lowest BCUT2D eigenvalue weighted by Crippen LogP contribution is -2.35. The van der Waals surface area contributed by atoms with Crippen molar-refractivity contribution in [1.29, 1.82) is 0 Å². The van der Waals surface area contributed by atoms with E-state index in [9.17, 15) is 9.59 Å². The first-order valence-corrected chi connectivity index (χ1v) is 10.8. The summed E-state index contributed by atoms with van der Waals surface area (Å²) >= 11 is 0. The van der Waals surface area contributed by atoms with E-state index >= 15 is 0 Å². The second-order valence-electron chi connectivity index (χ2n) is 8.25. The molecule has 3 atom stereocenters.